The van der Waals surface area contributed by atoms with Crippen molar-refractivity contribution in [2.75, 3.05) is 20.7 Å². The maximum Gasteiger partial charge on any atom is 0.246 e. The van der Waals surface area contributed by atoms with Gasteiger partial charge >= 0.3 is 0 Å². The number of hydrogen-bond donors (Lipinski definition) is 0. The van der Waals surface area contributed by atoms with E-state index in [1.54, 1.807) is 25.2 Å². The first kappa shape index (κ1) is 14.5. The molecule has 0 aliphatic rings. The monoisotopic (exact) mass is 321 g/mol. The van der Waals surface area contributed by atoms with E-state index >= 15 is 0 Å². The summed E-state index contributed by atoms with van der Waals surface area (Å²) in [5.41, 5.74) is 0. The number of rotatable bonds is 5. The van der Waals surface area contributed by atoms with Gasteiger partial charge in [-0.05, 0) is 24.6 Å². The van der Waals surface area contributed by atoms with Crippen LogP contribution < -0.4 is 4.74 Å². The van der Waals surface area contributed by atoms with Crippen LogP contribution in [-0.2, 0) is 10.0 Å². The van der Waals surface area contributed by atoms with Crippen LogP contribution in [-0.4, -0.2) is 33.4 Å². The quantitative estimate of drug-likeness (QED) is 0.837. The summed E-state index contributed by atoms with van der Waals surface area (Å²) >= 11 is 3.27. The molecule has 0 aromatic heterocycles. The molecule has 1 rings (SSSR count). The fourth-order valence-corrected chi connectivity index (χ4v) is 3.41. The molecule has 96 valence electrons. The van der Waals surface area contributed by atoms with E-state index in [9.17, 15) is 8.42 Å². The van der Waals surface area contributed by atoms with Crippen LogP contribution in [0.15, 0.2) is 27.6 Å². The van der Waals surface area contributed by atoms with Gasteiger partial charge in [0, 0.05) is 18.1 Å². The summed E-state index contributed by atoms with van der Waals surface area (Å²) in [6, 6.07) is 4.94. The molecule has 0 spiro atoms. The van der Waals surface area contributed by atoms with Gasteiger partial charge in [0.05, 0.1) is 7.11 Å². The maximum absolute atomic E-state index is 12.3. The van der Waals surface area contributed by atoms with E-state index in [0.717, 1.165) is 6.42 Å². The third-order valence-electron chi connectivity index (χ3n) is 2.35. The molecule has 0 radical (unpaired) electrons. The number of hydrogen-bond acceptors (Lipinski definition) is 3. The summed E-state index contributed by atoms with van der Waals surface area (Å²) < 4.78 is 31.7. The highest BCUT2D eigenvalue weighted by atomic mass is 79.9. The molecule has 6 heteroatoms. The zero-order valence-electron chi connectivity index (χ0n) is 10.1. The second-order valence-electron chi connectivity index (χ2n) is 3.62. The summed E-state index contributed by atoms with van der Waals surface area (Å²) in [5, 5.41) is 0. The van der Waals surface area contributed by atoms with Gasteiger partial charge in [0.2, 0.25) is 10.0 Å². The minimum Gasteiger partial charge on any atom is -0.495 e. The molecule has 4 nitrogen and oxygen atoms in total. The van der Waals surface area contributed by atoms with Crippen molar-refractivity contribution in [3.63, 3.8) is 0 Å². The average molecular weight is 322 g/mol. The summed E-state index contributed by atoms with van der Waals surface area (Å²) in [5.74, 6) is 0.358. The lowest BCUT2D eigenvalue weighted by molar-refractivity contribution is 0.398. The number of methoxy groups -OCH3 is 1. The Hall–Kier alpha value is -0.590. The number of nitrogens with zero attached hydrogens (tertiary/aromatic N) is 1. The highest BCUT2D eigenvalue weighted by Gasteiger charge is 2.24. The van der Waals surface area contributed by atoms with E-state index in [0.29, 0.717) is 16.8 Å². The standard InChI is InChI=1S/C11H16BrNO3S/c1-4-7-13(2)17(14,15)11-8-9(12)5-6-10(11)16-3/h5-6,8H,4,7H2,1-3H3. The second kappa shape index (κ2) is 5.84. The molecule has 0 fully saturated rings. The van der Waals surface area contributed by atoms with Gasteiger partial charge in [0.1, 0.15) is 10.6 Å². The normalized spacial score (nSPS) is 11.8. The molecule has 0 amide bonds. The van der Waals surface area contributed by atoms with Crippen LogP contribution in [0.2, 0.25) is 0 Å². The van der Waals surface area contributed by atoms with Crippen LogP contribution in [0.1, 0.15) is 13.3 Å². The maximum atomic E-state index is 12.3. The number of sulfonamides is 1. The summed E-state index contributed by atoms with van der Waals surface area (Å²) in [4.78, 5) is 0.185. The Kier molecular flexibility index (Phi) is 4.97. The Labute approximate surface area is 111 Å². The Balaban J connectivity index is 3.27. The van der Waals surface area contributed by atoms with Gasteiger partial charge in [0.25, 0.3) is 0 Å². The molecule has 0 aliphatic heterocycles. The summed E-state index contributed by atoms with van der Waals surface area (Å²) in [6.45, 7) is 2.42. The largest absolute Gasteiger partial charge is 0.495 e. The van der Waals surface area contributed by atoms with Crippen molar-refractivity contribution in [1.29, 1.82) is 0 Å². The minimum atomic E-state index is -3.49. The fraction of sp³-hybridized carbons (Fsp3) is 0.455. The molecule has 1 aromatic rings. The van der Waals surface area contributed by atoms with E-state index < -0.39 is 10.0 Å². The summed E-state index contributed by atoms with van der Waals surface area (Å²) in [6.07, 6.45) is 0.770. The number of ether oxygens (including phenoxy) is 1. The predicted octanol–water partition coefficient (Wildman–Crippen LogP) is 2.49. The molecular weight excluding hydrogens is 306 g/mol. The van der Waals surface area contributed by atoms with Gasteiger partial charge in [-0.3, -0.25) is 0 Å². The van der Waals surface area contributed by atoms with Crippen molar-refractivity contribution in [1.82, 2.24) is 4.31 Å². The molecule has 0 bridgehead atoms. The molecule has 0 unspecified atom stereocenters. The number of benzene rings is 1. The Morgan fingerprint density at radius 1 is 1.41 bits per heavy atom. The van der Waals surface area contributed by atoms with Gasteiger partial charge < -0.3 is 4.74 Å². The zero-order chi connectivity index (χ0) is 13.1. The Bertz CT molecular complexity index is 487. The van der Waals surface area contributed by atoms with Crippen molar-refractivity contribution in [2.45, 2.75) is 18.2 Å². The van der Waals surface area contributed by atoms with Crippen molar-refractivity contribution >= 4 is 26.0 Å². The van der Waals surface area contributed by atoms with E-state index in [1.165, 1.54) is 11.4 Å². The third kappa shape index (κ3) is 3.20. The summed E-state index contributed by atoms with van der Waals surface area (Å²) in [7, 11) is -0.459. The van der Waals surface area contributed by atoms with Crippen molar-refractivity contribution in [3.05, 3.63) is 22.7 Å². The van der Waals surface area contributed by atoms with Crippen molar-refractivity contribution < 1.29 is 13.2 Å². The molecule has 0 aliphatic carbocycles. The highest BCUT2D eigenvalue weighted by molar-refractivity contribution is 9.10. The predicted molar refractivity (Wildman–Crippen MR) is 70.8 cm³/mol. The molecular formula is C11H16BrNO3S. The van der Waals surface area contributed by atoms with Crippen LogP contribution in [0.5, 0.6) is 5.75 Å². The molecule has 0 N–H and O–H groups in total. The fourth-order valence-electron chi connectivity index (χ4n) is 1.46. The first-order chi connectivity index (χ1) is 7.93. The smallest absolute Gasteiger partial charge is 0.246 e. The van der Waals surface area contributed by atoms with E-state index in [-0.39, 0.29) is 4.90 Å². The Morgan fingerprint density at radius 3 is 2.59 bits per heavy atom. The van der Waals surface area contributed by atoms with Crippen molar-refractivity contribution in [2.24, 2.45) is 0 Å². The van der Waals surface area contributed by atoms with Crippen LogP contribution in [0, 0.1) is 0 Å². The van der Waals surface area contributed by atoms with Gasteiger partial charge in [-0.1, -0.05) is 22.9 Å². The molecule has 0 atom stereocenters. The van der Waals surface area contributed by atoms with Gasteiger partial charge in [0.15, 0.2) is 0 Å². The molecule has 0 saturated carbocycles. The van der Waals surface area contributed by atoms with E-state index in [1.807, 2.05) is 6.92 Å². The first-order valence-electron chi connectivity index (χ1n) is 5.23. The lowest BCUT2D eigenvalue weighted by atomic mass is 10.3. The van der Waals surface area contributed by atoms with Gasteiger partial charge in [-0.25, -0.2) is 12.7 Å². The highest BCUT2D eigenvalue weighted by Crippen LogP contribution is 2.29. The minimum absolute atomic E-state index is 0.185. The van der Waals surface area contributed by atoms with Gasteiger partial charge in [-0.2, -0.15) is 0 Å². The number of halogens is 1. The third-order valence-corrected chi connectivity index (χ3v) is 4.72. The lowest BCUT2D eigenvalue weighted by Gasteiger charge is -2.18. The van der Waals surface area contributed by atoms with Crippen LogP contribution in [0.4, 0.5) is 0 Å². The van der Waals surface area contributed by atoms with E-state index in [2.05, 4.69) is 15.9 Å². The molecule has 0 heterocycles. The zero-order valence-corrected chi connectivity index (χ0v) is 12.5. The van der Waals surface area contributed by atoms with Crippen molar-refractivity contribution in [3.8, 4) is 5.75 Å². The van der Waals surface area contributed by atoms with Crippen LogP contribution >= 0.6 is 15.9 Å². The first-order valence-corrected chi connectivity index (χ1v) is 7.46. The second-order valence-corrected chi connectivity index (χ2v) is 6.55. The molecule has 1 aromatic carbocycles. The Morgan fingerprint density at radius 2 is 2.06 bits per heavy atom. The SMILES string of the molecule is CCCN(C)S(=O)(=O)c1cc(Br)ccc1OC. The molecule has 0 saturated heterocycles. The average Bonchev–Trinajstić information content (AvgIpc) is 2.29. The molecule has 17 heavy (non-hydrogen) atoms. The van der Waals surface area contributed by atoms with Crippen LogP contribution in [0.25, 0.3) is 0 Å². The van der Waals surface area contributed by atoms with Gasteiger partial charge in [-0.15, -0.1) is 0 Å². The topological polar surface area (TPSA) is 46.6 Å². The van der Waals surface area contributed by atoms with E-state index in [4.69, 9.17) is 4.74 Å². The van der Waals surface area contributed by atoms with Crippen LogP contribution in [0.3, 0.4) is 0 Å². The lowest BCUT2D eigenvalue weighted by Crippen LogP contribution is -2.28.